The molecule has 8 heteroatoms. The van der Waals surface area contributed by atoms with Crippen molar-refractivity contribution in [3.63, 3.8) is 0 Å². The highest BCUT2D eigenvalue weighted by Gasteiger charge is 2.53. The van der Waals surface area contributed by atoms with Crippen molar-refractivity contribution in [2.24, 2.45) is 5.92 Å². The van der Waals surface area contributed by atoms with Gasteiger partial charge < -0.3 is 15.5 Å². The lowest BCUT2D eigenvalue weighted by molar-refractivity contribution is -0.497. The van der Waals surface area contributed by atoms with Gasteiger partial charge in [0.25, 0.3) is 0 Å². The normalized spacial score (nSPS) is 28.2. The lowest BCUT2D eigenvalue weighted by Crippen LogP contribution is -2.51. The van der Waals surface area contributed by atoms with Crippen molar-refractivity contribution in [2.45, 2.75) is 69.5 Å². The first kappa shape index (κ1) is 17.0. The minimum Gasteiger partial charge on any atom is -0.353 e. The summed E-state index contributed by atoms with van der Waals surface area (Å²) in [6.07, 6.45) is 7.53. The highest BCUT2D eigenvalue weighted by Crippen LogP contribution is 2.33. The van der Waals surface area contributed by atoms with Crippen LogP contribution in [0.15, 0.2) is 0 Å². The maximum atomic E-state index is 12.3. The van der Waals surface area contributed by atoms with Gasteiger partial charge in [-0.05, 0) is 25.7 Å². The Morgan fingerprint density at radius 2 is 1.58 bits per heavy atom. The molecule has 2 N–H and O–H groups in total. The highest BCUT2D eigenvalue weighted by molar-refractivity contribution is 5.82. The molecule has 3 rings (SSSR count). The molecule has 0 bridgehead atoms. The number of piperidine rings is 1. The van der Waals surface area contributed by atoms with E-state index in [1.807, 2.05) is 4.90 Å². The van der Waals surface area contributed by atoms with Gasteiger partial charge in [0, 0.05) is 36.5 Å². The molecule has 0 radical (unpaired) electrons. The summed E-state index contributed by atoms with van der Waals surface area (Å²) in [5, 5.41) is 16.6. The zero-order valence-corrected chi connectivity index (χ0v) is 13.9. The van der Waals surface area contributed by atoms with Crippen LogP contribution < -0.4 is 10.6 Å². The van der Waals surface area contributed by atoms with Gasteiger partial charge in [0.05, 0.1) is 0 Å². The van der Waals surface area contributed by atoms with E-state index in [9.17, 15) is 19.7 Å². The van der Waals surface area contributed by atoms with Crippen LogP contribution in [0.2, 0.25) is 0 Å². The number of rotatable bonds is 4. The second-order valence-corrected chi connectivity index (χ2v) is 7.25. The molecular formula is C16H26N4O4. The molecule has 134 valence electrons. The fraction of sp³-hybridized carbons (Fsp3) is 0.875. The topological polar surface area (TPSA) is 105 Å². The number of amides is 3. The third-order valence-corrected chi connectivity index (χ3v) is 5.43. The van der Waals surface area contributed by atoms with E-state index in [1.165, 1.54) is 19.3 Å². The quantitative estimate of drug-likeness (QED) is 0.595. The van der Waals surface area contributed by atoms with Crippen molar-refractivity contribution in [3.8, 4) is 0 Å². The number of carbonyl (C=O) groups is 2. The number of urea groups is 1. The van der Waals surface area contributed by atoms with Crippen molar-refractivity contribution >= 4 is 11.9 Å². The van der Waals surface area contributed by atoms with Gasteiger partial charge in [-0.1, -0.05) is 19.3 Å². The minimum atomic E-state index is -0.702. The van der Waals surface area contributed by atoms with Gasteiger partial charge in [0.1, 0.15) is 5.92 Å². The van der Waals surface area contributed by atoms with E-state index in [1.54, 1.807) is 0 Å². The van der Waals surface area contributed by atoms with Gasteiger partial charge in [-0.25, -0.2) is 4.79 Å². The van der Waals surface area contributed by atoms with Crippen molar-refractivity contribution < 1.29 is 14.5 Å². The smallest absolute Gasteiger partial charge is 0.317 e. The molecule has 24 heavy (non-hydrogen) atoms. The summed E-state index contributed by atoms with van der Waals surface area (Å²) in [6.45, 7) is 1.24. The Balaban J connectivity index is 1.37. The molecule has 2 atom stereocenters. The molecule has 0 spiro atoms. The molecule has 2 aliphatic carbocycles. The lowest BCUT2D eigenvalue weighted by Gasteiger charge is -2.34. The number of likely N-dealkylation sites (tertiary alicyclic amines) is 1. The number of nitro groups is 1. The van der Waals surface area contributed by atoms with E-state index in [0.29, 0.717) is 38.4 Å². The van der Waals surface area contributed by atoms with E-state index < -0.39 is 12.0 Å². The zero-order valence-electron chi connectivity index (χ0n) is 13.9. The van der Waals surface area contributed by atoms with Crippen LogP contribution in [0.4, 0.5) is 4.79 Å². The SMILES string of the molecule is O=C(NC1CCN(C(=O)NC2CCCCC2)CC1)[C@H]1C[C@@H]1[N+](=O)[O-]. The van der Waals surface area contributed by atoms with Gasteiger partial charge >= 0.3 is 6.03 Å². The van der Waals surface area contributed by atoms with Gasteiger partial charge in [-0.15, -0.1) is 0 Å². The summed E-state index contributed by atoms with van der Waals surface area (Å²) in [5.74, 6) is -0.672. The number of carbonyl (C=O) groups excluding carboxylic acids is 2. The Hall–Kier alpha value is -1.86. The predicted molar refractivity (Wildman–Crippen MR) is 87.0 cm³/mol. The van der Waals surface area contributed by atoms with Crippen LogP contribution in [0.3, 0.4) is 0 Å². The van der Waals surface area contributed by atoms with Gasteiger partial charge in [-0.3, -0.25) is 14.9 Å². The average Bonchev–Trinajstić information content (AvgIpc) is 3.37. The fourth-order valence-electron chi connectivity index (χ4n) is 3.74. The predicted octanol–water partition coefficient (Wildman–Crippen LogP) is 1.27. The van der Waals surface area contributed by atoms with Gasteiger partial charge in [-0.2, -0.15) is 0 Å². The van der Waals surface area contributed by atoms with Crippen LogP contribution in [-0.2, 0) is 4.79 Å². The van der Waals surface area contributed by atoms with Crippen LogP contribution >= 0.6 is 0 Å². The Bertz CT molecular complexity index is 498. The van der Waals surface area contributed by atoms with Crippen LogP contribution in [-0.4, -0.2) is 53.0 Å². The summed E-state index contributed by atoms with van der Waals surface area (Å²) in [7, 11) is 0. The Morgan fingerprint density at radius 1 is 0.958 bits per heavy atom. The molecule has 2 saturated carbocycles. The summed E-state index contributed by atoms with van der Waals surface area (Å²) in [5.41, 5.74) is 0. The first-order valence-electron chi connectivity index (χ1n) is 9.04. The second-order valence-electron chi connectivity index (χ2n) is 7.25. The number of hydrogen-bond donors (Lipinski definition) is 2. The third-order valence-electron chi connectivity index (χ3n) is 5.43. The molecule has 3 amide bonds. The van der Waals surface area contributed by atoms with Crippen LogP contribution in [0.5, 0.6) is 0 Å². The summed E-state index contributed by atoms with van der Waals surface area (Å²) >= 11 is 0. The molecule has 1 heterocycles. The average molecular weight is 338 g/mol. The Kier molecular flexibility index (Phi) is 5.20. The molecule has 1 saturated heterocycles. The second kappa shape index (κ2) is 7.36. The molecule has 0 unspecified atom stereocenters. The fourth-order valence-corrected chi connectivity index (χ4v) is 3.74. The summed E-state index contributed by atoms with van der Waals surface area (Å²) < 4.78 is 0. The van der Waals surface area contributed by atoms with E-state index >= 15 is 0 Å². The van der Waals surface area contributed by atoms with Crippen molar-refractivity contribution in [1.29, 1.82) is 0 Å². The van der Waals surface area contributed by atoms with Crippen LogP contribution in [0.1, 0.15) is 51.4 Å². The van der Waals surface area contributed by atoms with E-state index in [2.05, 4.69) is 10.6 Å². The molecule has 0 aromatic carbocycles. The molecule has 3 aliphatic rings. The maximum absolute atomic E-state index is 12.3. The van der Waals surface area contributed by atoms with E-state index in [0.717, 1.165) is 12.8 Å². The Morgan fingerprint density at radius 3 is 2.17 bits per heavy atom. The third kappa shape index (κ3) is 4.15. The maximum Gasteiger partial charge on any atom is 0.317 e. The van der Waals surface area contributed by atoms with Gasteiger partial charge in [0.2, 0.25) is 11.9 Å². The molecule has 8 nitrogen and oxygen atoms in total. The highest BCUT2D eigenvalue weighted by atomic mass is 16.6. The number of nitrogens with one attached hydrogen (secondary N) is 2. The van der Waals surface area contributed by atoms with Crippen molar-refractivity contribution in [3.05, 3.63) is 10.1 Å². The van der Waals surface area contributed by atoms with E-state index in [4.69, 9.17) is 0 Å². The molecule has 0 aromatic rings. The first-order chi connectivity index (χ1) is 11.5. The summed E-state index contributed by atoms with van der Waals surface area (Å²) in [6, 6.07) is -0.379. The number of hydrogen-bond acceptors (Lipinski definition) is 4. The van der Waals surface area contributed by atoms with Crippen molar-refractivity contribution in [1.82, 2.24) is 15.5 Å². The van der Waals surface area contributed by atoms with E-state index in [-0.39, 0.29) is 22.9 Å². The monoisotopic (exact) mass is 338 g/mol. The first-order valence-corrected chi connectivity index (χ1v) is 9.04. The zero-order chi connectivity index (χ0) is 17.1. The summed E-state index contributed by atoms with van der Waals surface area (Å²) in [4.78, 5) is 36.3. The minimum absolute atomic E-state index is 0.00212. The molecule has 3 fully saturated rings. The number of nitrogens with zero attached hydrogens (tertiary/aromatic N) is 2. The van der Waals surface area contributed by atoms with Crippen LogP contribution in [0.25, 0.3) is 0 Å². The molecule has 1 aliphatic heterocycles. The largest absolute Gasteiger partial charge is 0.353 e. The lowest BCUT2D eigenvalue weighted by atomic mass is 9.95. The molecule has 0 aromatic heterocycles. The van der Waals surface area contributed by atoms with Gasteiger partial charge in [0.15, 0.2) is 0 Å². The van der Waals surface area contributed by atoms with Crippen molar-refractivity contribution in [2.75, 3.05) is 13.1 Å². The Labute approximate surface area is 141 Å². The standard InChI is InChI=1S/C16H26N4O4/c21-15(13-10-14(13)20(23)24)17-12-6-8-19(9-7-12)16(22)18-11-4-2-1-3-5-11/h11-14H,1-10H2,(H,17,21)(H,18,22)/t13-,14-/m0/s1. The molecular weight excluding hydrogens is 312 g/mol. The van der Waals surface area contributed by atoms with Crippen LogP contribution in [0, 0.1) is 16.0 Å².